The standard InChI is InChI=1S/C15H21N3O2/c1-17(2)15(19)12-18(3)10-11-20-14-6-4-13(5-7-14)8-9-16/h4-7H,8,10-12H2,1-3H3. The zero-order chi connectivity index (χ0) is 15.0. The van der Waals surface area contributed by atoms with Crippen LogP contribution in [0.15, 0.2) is 24.3 Å². The van der Waals surface area contributed by atoms with Gasteiger partial charge in [0, 0.05) is 20.6 Å². The summed E-state index contributed by atoms with van der Waals surface area (Å²) in [5.74, 6) is 0.854. The predicted octanol–water partition coefficient (Wildman–Crippen LogP) is 1.15. The lowest BCUT2D eigenvalue weighted by Crippen LogP contribution is -2.36. The Hall–Kier alpha value is -2.06. The third-order valence-corrected chi connectivity index (χ3v) is 2.85. The minimum atomic E-state index is 0.0772. The molecule has 0 radical (unpaired) electrons. The lowest BCUT2D eigenvalue weighted by atomic mass is 10.2. The maximum absolute atomic E-state index is 11.5. The van der Waals surface area contributed by atoms with Crippen LogP contribution in [0.3, 0.4) is 0 Å². The minimum absolute atomic E-state index is 0.0772. The first-order valence-electron chi connectivity index (χ1n) is 6.50. The molecule has 0 unspecified atom stereocenters. The van der Waals surface area contributed by atoms with Crippen LogP contribution in [0.25, 0.3) is 0 Å². The number of ether oxygens (including phenoxy) is 1. The van der Waals surface area contributed by atoms with Crippen LogP contribution in [-0.4, -0.2) is 56.5 Å². The van der Waals surface area contributed by atoms with E-state index in [4.69, 9.17) is 10.00 Å². The number of benzene rings is 1. The highest BCUT2D eigenvalue weighted by Crippen LogP contribution is 2.12. The van der Waals surface area contributed by atoms with Crippen LogP contribution in [-0.2, 0) is 11.2 Å². The van der Waals surface area contributed by atoms with E-state index in [9.17, 15) is 4.79 Å². The Kier molecular flexibility index (Phi) is 6.54. The van der Waals surface area contributed by atoms with Gasteiger partial charge in [-0.2, -0.15) is 5.26 Å². The van der Waals surface area contributed by atoms with Crippen molar-refractivity contribution in [3.8, 4) is 11.8 Å². The molecular weight excluding hydrogens is 254 g/mol. The van der Waals surface area contributed by atoms with Crippen LogP contribution in [0.1, 0.15) is 5.56 Å². The molecule has 0 bridgehead atoms. The Bertz CT molecular complexity index is 463. The largest absolute Gasteiger partial charge is 0.492 e. The van der Waals surface area contributed by atoms with Gasteiger partial charge in [-0.05, 0) is 24.7 Å². The lowest BCUT2D eigenvalue weighted by molar-refractivity contribution is -0.129. The van der Waals surface area contributed by atoms with Gasteiger partial charge in [-0.25, -0.2) is 0 Å². The van der Waals surface area contributed by atoms with Crippen molar-refractivity contribution in [3.05, 3.63) is 29.8 Å². The smallest absolute Gasteiger partial charge is 0.236 e. The van der Waals surface area contributed by atoms with E-state index in [0.29, 0.717) is 26.1 Å². The second kappa shape index (κ2) is 8.18. The molecule has 108 valence electrons. The fourth-order valence-corrected chi connectivity index (χ4v) is 1.57. The van der Waals surface area contributed by atoms with Gasteiger partial charge in [0.1, 0.15) is 12.4 Å². The summed E-state index contributed by atoms with van der Waals surface area (Å²) in [6.45, 7) is 1.59. The molecule has 20 heavy (non-hydrogen) atoms. The predicted molar refractivity (Wildman–Crippen MR) is 77.4 cm³/mol. The maximum Gasteiger partial charge on any atom is 0.236 e. The second-order valence-corrected chi connectivity index (χ2v) is 4.85. The highest BCUT2D eigenvalue weighted by molar-refractivity contribution is 5.77. The topological polar surface area (TPSA) is 56.6 Å². The van der Waals surface area contributed by atoms with Crippen molar-refractivity contribution in [2.24, 2.45) is 0 Å². The molecule has 0 spiro atoms. The Morgan fingerprint density at radius 1 is 1.25 bits per heavy atom. The Balaban J connectivity index is 2.30. The van der Waals surface area contributed by atoms with Crippen molar-refractivity contribution in [1.82, 2.24) is 9.80 Å². The van der Waals surface area contributed by atoms with Crippen LogP contribution in [0.5, 0.6) is 5.75 Å². The molecule has 1 aromatic carbocycles. The molecule has 0 atom stereocenters. The molecule has 5 heteroatoms. The zero-order valence-electron chi connectivity index (χ0n) is 12.3. The van der Waals surface area contributed by atoms with Crippen LogP contribution in [0.2, 0.25) is 0 Å². The van der Waals surface area contributed by atoms with Crippen LogP contribution >= 0.6 is 0 Å². The average Bonchev–Trinajstić information content (AvgIpc) is 2.41. The zero-order valence-corrected chi connectivity index (χ0v) is 12.3. The number of hydrogen-bond acceptors (Lipinski definition) is 4. The van der Waals surface area contributed by atoms with Crippen LogP contribution in [0, 0.1) is 11.3 Å². The summed E-state index contributed by atoms with van der Waals surface area (Å²) in [6.07, 6.45) is 0.412. The molecule has 0 saturated carbocycles. The Labute approximate surface area is 120 Å². The number of amides is 1. The number of carbonyl (C=O) groups excluding carboxylic acids is 1. The number of hydrogen-bond donors (Lipinski definition) is 0. The first kappa shape index (κ1) is 16.0. The van der Waals surface area contributed by atoms with Crippen molar-refractivity contribution in [2.45, 2.75) is 6.42 Å². The first-order chi connectivity index (χ1) is 9.52. The quantitative estimate of drug-likeness (QED) is 0.749. The monoisotopic (exact) mass is 275 g/mol. The fraction of sp³-hybridized carbons (Fsp3) is 0.467. The van der Waals surface area contributed by atoms with Gasteiger partial charge in [0.15, 0.2) is 0 Å². The normalized spacial score (nSPS) is 10.2. The van der Waals surface area contributed by atoms with Crippen molar-refractivity contribution in [3.63, 3.8) is 0 Å². The van der Waals surface area contributed by atoms with E-state index in [0.717, 1.165) is 11.3 Å². The molecule has 0 heterocycles. The molecular formula is C15H21N3O2. The maximum atomic E-state index is 11.5. The fourth-order valence-electron chi connectivity index (χ4n) is 1.57. The highest BCUT2D eigenvalue weighted by Gasteiger charge is 2.08. The first-order valence-corrected chi connectivity index (χ1v) is 6.50. The minimum Gasteiger partial charge on any atom is -0.492 e. The van der Waals surface area contributed by atoms with Crippen LogP contribution < -0.4 is 4.74 Å². The molecule has 0 aromatic heterocycles. The van der Waals surface area contributed by atoms with E-state index in [2.05, 4.69) is 6.07 Å². The van der Waals surface area contributed by atoms with Gasteiger partial charge >= 0.3 is 0 Å². The van der Waals surface area contributed by atoms with Gasteiger partial charge in [-0.1, -0.05) is 12.1 Å². The molecule has 1 rings (SSSR count). The third kappa shape index (κ3) is 5.72. The summed E-state index contributed by atoms with van der Waals surface area (Å²) in [5.41, 5.74) is 0.980. The lowest BCUT2D eigenvalue weighted by Gasteiger charge is -2.19. The SMILES string of the molecule is CN(CCOc1ccc(CC#N)cc1)CC(=O)N(C)C. The highest BCUT2D eigenvalue weighted by atomic mass is 16.5. The third-order valence-electron chi connectivity index (χ3n) is 2.85. The average molecular weight is 275 g/mol. The summed E-state index contributed by atoms with van der Waals surface area (Å²) in [6, 6.07) is 9.60. The molecule has 0 aliphatic carbocycles. The molecule has 0 aliphatic heterocycles. The van der Waals surface area contributed by atoms with Crippen molar-refractivity contribution >= 4 is 5.91 Å². The second-order valence-electron chi connectivity index (χ2n) is 4.85. The van der Waals surface area contributed by atoms with Gasteiger partial charge in [0.2, 0.25) is 5.91 Å². The Morgan fingerprint density at radius 2 is 1.90 bits per heavy atom. The summed E-state index contributed by atoms with van der Waals surface area (Å²) in [5, 5.41) is 8.58. The van der Waals surface area contributed by atoms with Crippen molar-refractivity contribution in [1.29, 1.82) is 5.26 Å². The van der Waals surface area contributed by atoms with Gasteiger partial charge in [-0.3, -0.25) is 9.69 Å². The Morgan fingerprint density at radius 3 is 2.45 bits per heavy atom. The number of nitrogens with zero attached hydrogens (tertiary/aromatic N) is 3. The molecule has 1 amide bonds. The van der Waals surface area contributed by atoms with Crippen molar-refractivity contribution < 1.29 is 9.53 Å². The summed E-state index contributed by atoms with van der Waals surface area (Å²) in [7, 11) is 5.38. The number of likely N-dealkylation sites (N-methyl/N-ethyl adjacent to an activating group) is 2. The van der Waals surface area contributed by atoms with Gasteiger partial charge in [0.05, 0.1) is 19.0 Å². The van der Waals surface area contributed by atoms with E-state index in [1.165, 1.54) is 0 Å². The van der Waals surface area contributed by atoms with E-state index in [1.807, 2.05) is 36.2 Å². The van der Waals surface area contributed by atoms with Crippen LogP contribution in [0.4, 0.5) is 0 Å². The van der Waals surface area contributed by atoms with E-state index in [-0.39, 0.29) is 5.91 Å². The van der Waals surface area contributed by atoms with Gasteiger partial charge < -0.3 is 9.64 Å². The van der Waals surface area contributed by atoms with E-state index < -0.39 is 0 Å². The summed E-state index contributed by atoms with van der Waals surface area (Å²) in [4.78, 5) is 15.0. The molecule has 0 saturated heterocycles. The summed E-state index contributed by atoms with van der Waals surface area (Å²) >= 11 is 0. The van der Waals surface area contributed by atoms with E-state index in [1.54, 1.807) is 19.0 Å². The van der Waals surface area contributed by atoms with Gasteiger partial charge in [-0.15, -0.1) is 0 Å². The molecule has 0 fully saturated rings. The number of carbonyl (C=O) groups is 1. The molecule has 0 N–H and O–H groups in total. The van der Waals surface area contributed by atoms with Crippen molar-refractivity contribution in [2.75, 3.05) is 40.8 Å². The van der Waals surface area contributed by atoms with Gasteiger partial charge in [0.25, 0.3) is 0 Å². The summed E-state index contributed by atoms with van der Waals surface area (Å²) < 4.78 is 5.60. The number of rotatable bonds is 7. The molecule has 5 nitrogen and oxygen atoms in total. The van der Waals surface area contributed by atoms with E-state index >= 15 is 0 Å². The molecule has 0 aliphatic rings. The molecule has 1 aromatic rings. The number of nitriles is 1.